The first-order chi connectivity index (χ1) is 11.1. The van der Waals surface area contributed by atoms with E-state index in [1.165, 1.54) is 0 Å². The van der Waals surface area contributed by atoms with Crippen LogP contribution in [0.4, 0.5) is 0 Å². The smallest absolute Gasteiger partial charge is 0.223 e. The lowest BCUT2D eigenvalue weighted by Gasteiger charge is -2.16. The van der Waals surface area contributed by atoms with E-state index in [1.807, 2.05) is 12.1 Å². The van der Waals surface area contributed by atoms with Crippen LogP contribution in [0, 0.1) is 5.92 Å². The van der Waals surface area contributed by atoms with Crippen LogP contribution in [0.25, 0.3) is 0 Å². The van der Waals surface area contributed by atoms with Gasteiger partial charge in [-0.3, -0.25) is 4.79 Å². The SMILES string of the molecule is COc1cc(OC)c(CCNC(=O)C2CCC(N)C2)c(OC)c1.Cl. The van der Waals surface area contributed by atoms with Gasteiger partial charge in [0.2, 0.25) is 5.91 Å². The Morgan fingerprint density at radius 1 is 1.17 bits per heavy atom. The lowest BCUT2D eigenvalue weighted by atomic mass is 10.1. The molecule has 1 fully saturated rings. The van der Waals surface area contributed by atoms with Crippen molar-refractivity contribution in [3.8, 4) is 17.2 Å². The van der Waals surface area contributed by atoms with Crippen LogP contribution < -0.4 is 25.3 Å². The predicted octanol–water partition coefficient (Wildman–Crippen LogP) is 1.92. The quantitative estimate of drug-likeness (QED) is 0.778. The largest absolute Gasteiger partial charge is 0.496 e. The van der Waals surface area contributed by atoms with Crippen LogP contribution in [0.15, 0.2) is 12.1 Å². The molecule has 0 aliphatic heterocycles. The van der Waals surface area contributed by atoms with Crippen molar-refractivity contribution in [3.63, 3.8) is 0 Å². The molecule has 1 aromatic rings. The molecule has 6 nitrogen and oxygen atoms in total. The number of nitrogens with one attached hydrogen (secondary N) is 1. The minimum absolute atomic E-state index is 0. The number of halogens is 1. The fourth-order valence-electron chi connectivity index (χ4n) is 3.03. The molecular formula is C17H27ClN2O4. The lowest BCUT2D eigenvalue weighted by Crippen LogP contribution is -2.32. The van der Waals surface area contributed by atoms with Gasteiger partial charge < -0.3 is 25.3 Å². The van der Waals surface area contributed by atoms with Crippen LogP contribution in [-0.2, 0) is 11.2 Å². The van der Waals surface area contributed by atoms with Gasteiger partial charge in [-0.05, 0) is 25.7 Å². The molecule has 24 heavy (non-hydrogen) atoms. The number of amides is 1. The van der Waals surface area contributed by atoms with Crippen LogP contribution in [0.2, 0.25) is 0 Å². The van der Waals surface area contributed by atoms with Gasteiger partial charge in [-0.1, -0.05) is 0 Å². The minimum atomic E-state index is 0. The Hall–Kier alpha value is -1.66. The summed E-state index contributed by atoms with van der Waals surface area (Å²) in [5.74, 6) is 2.19. The van der Waals surface area contributed by atoms with Crippen molar-refractivity contribution in [2.24, 2.45) is 11.7 Å². The molecule has 1 aliphatic carbocycles. The number of hydrogen-bond donors (Lipinski definition) is 2. The summed E-state index contributed by atoms with van der Waals surface area (Å²) >= 11 is 0. The van der Waals surface area contributed by atoms with E-state index in [1.54, 1.807) is 21.3 Å². The number of benzene rings is 1. The zero-order chi connectivity index (χ0) is 16.8. The van der Waals surface area contributed by atoms with Gasteiger partial charge in [-0.2, -0.15) is 0 Å². The van der Waals surface area contributed by atoms with Gasteiger partial charge in [0, 0.05) is 36.2 Å². The number of carbonyl (C=O) groups excluding carboxylic acids is 1. The second-order valence-electron chi connectivity index (χ2n) is 5.82. The van der Waals surface area contributed by atoms with E-state index >= 15 is 0 Å². The van der Waals surface area contributed by atoms with Crippen LogP contribution in [0.1, 0.15) is 24.8 Å². The molecule has 7 heteroatoms. The Balaban J connectivity index is 0.00000288. The number of rotatable bonds is 7. The van der Waals surface area contributed by atoms with E-state index in [0.29, 0.717) is 30.2 Å². The Bertz CT molecular complexity index is 528. The van der Waals surface area contributed by atoms with E-state index in [2.05, 4.69) is 5.32 Å². The van der Waals surface area contributed by atoms with E-state index in [-0.39, 0.29) is 30.3 Å². The van der Waals surface area contributed by atoms with Crippen molar-refractivity contribution in [2.75, 3.05) is 27.9 Å². The summed E-state index contributed by atoms with van der Waals surface area (Å²) in [5.41, 5.74) is 6.78. The standard InChI is InChI=1S/C17H26N2O4.ClH/c1-21-13-9-15(22-2)14(16(10-13)23-3)6-7-19-17(20)11-4-5-12(18)8-11;/h9-12H,4-8,18H2,1-3H3,(H,19,20);1H. The summed E-state index contributed by atoms with van der Waals surface area (Å²) in [6.07, 6.45) is 3.21. The maximum absolute atomic E-state index is 12.1. The zero-order valence-electron chi connectivity index (χ0n) is 14.5. The van der Waals surface area contributed by atoms with Gasteiger partial charge in [-0.15, -0.1) is 12.4 Å². The number of ether oxygens (including phenoxy) is 3. The summed E-state index contributed by atoms with van der Waals surface area (Å²) in [4.78, 5) is 12.1. The summed E-state index contributed by atoms with van der Waals surface area (Å²) < 4.78 is 16.1. The molecule has 1 amide bonds. The monoisotopic (exact) mass is 358 g/mol. The number of carbonyl (C=O) groups is 1. The molecule has 0 bridgehead atoms. The molecule has 2 rings (SSSR count). The van der Waals surface area contributed by atoms with Crippen LogP contribution >= 0.6 is 12.4 Å². The highest BCUT2D eigenvalue weighted by Crippen LogP contribution is 2.34. The van der Waals surface area contributed by atoms with E-state index in [4.69, 9.17) is 19.9 Å². The van der Waals surface area contributed by atoms with E-state index in [9.17, 15) is 4.79 Å². The molecule has 136 valence electrons. The lowest BCUT2D eigenvalue weighted by molar-refractivity contribution is -0.124. The molecule has 0 heterocycles. The second kappa shape index (κ2) is 9.59. The molecule has 0 saturated heterocycles. The van der Waals surface area contributed by atoms with Gasteiger partial charge in [0.05, 0.1) is 21.3 Å². The van der Waals surface area contributed by atoms with Gasteiger partial charge in [-0.25, -0.2) is 0 Å². The minimum Gasteiger partial charge on any atom is -0.496 e. The first kappa shape index (κ1) is 20.4. The average molecular weight is 359 g/mol. The third kappa shape index (κ3) is 4.92. The molecule has 2 unspecified atom stereocenters. The van der Waals surface area contributed by atoms with Crippen LogP contribution in [0.3, 0.4) is 0 Å². The summed E-state index contributed by atoms with van der Waals surface area (Å²) in [7, 11) is 4.81. The normalized spacial score (nSPS) is 19.3. The first-order valence-corrected chi connectivity index (χ1v) is 7.91. The van der Waals surface area contributed by atoms with Crippen molar-refractivity contribution in [1.82, 2.24) is 5.32 Å². The molecule has 0 spiro atoms. The van der Waals surface area contributed by atoms with Crippen LogP contribution in [0.5, 0.6) is 17.2 Å². The molecule has 1 saturated carbocycles. The summed E-state index contributed by atoms with van der Waals surface area (Å²) in [6, 6.07) is 3.79. The average Bonchev–Trinajstić information content (AvgIpc) is 3.01. The Morgan fingerprint density at radius 2 is 1.79 bits per heavy atom. The molecule has 0 radical (unpaired) electrons. The van der Waals surface area contributed by atoms with Crippen molar-refractivity contribution in [1.29, 1.82) is 0 Å². The topological polar surface area (TPSA) is 82.8 Å². The summed E-state index contributed by atoms with van der Waals surface area (Å²) in [5, 5.41) is 2.99. The third-order valence-corrected chi connectivity index (χ3v) is 4.34. The van der Waals surface area contributed by atoms with Crippen molar-refractivity contribution in [2.45, 2.75) is 31.7 Å². The predicted molar refractivity (Wildman–Crippen MR) is 95.4 cm³/mol. The van der Waals surface area contributed by atoms with Crippen molar-refractivity contribution in [3.05, 3.63) is 17.7 Å². The van der Waals surface area contributed by atoms with E-state index < -0.39 is 0 Å². The molecule has 0 aromatic heterocycles. The maximum atomic E-state index is 12.1. The fourth-order valence-corrected chi connectivity index (χ4v) is 3.03. The molecular weight excluding hydrogens is 332 g/mol. The molecule has 1 aromatic carbocycles. The van der Waals surface area contributed by atoms with Gasteiger partial charge >= 0.3 is 0 Å². The van der Waals surface area contributed by atoms with Crippen LogP contribution in [-0.4, -0.2) is 39.8 Å². The zero-order valence-corrected chi connectivity index (χ0v) is 15.3. The second-order valence-corrected chi connectivity index (χ2v) is 5.82. The highest BCUT2D eigenvalue weighted by Gasteiger charge is 2.27. The Morgan fingerprint density at radius 3 is 2.25 bits per heavy atom. The van der Waals surface area contributed by atoms with Gasteiger partial charge in [0.1, 0.15) is 17.2 Å². The highest BCUT2D eigenvalue weighted by molar-refractivity contribution is 5.85. The molecule has 2 atom stereocenters. The van der Waals surface area contributed by atoms with Crippen molar-refractivity contribution < 1.29 is 19.0 Å². The third-order valence-electron chi connectivity index (χ3n) is 4.34. The number of nitrogens with two attached hydrogens (primary N) is 1. The molecule has 3 N–H and O–H groups in total. The fraction of sp³-hybridized carbons (Fsp3) is 0.588. The number of methoxy groups -OCH3 is 3. The van der Waals surface area contributed by atoms with Crippen molar-refractivity contribution >= 4 is 18.3 Å². The Kier molecular flexibility index (Phi) is 8.15. The van der Waals surface area contributed by atoms with Gasteiger partial charge in [0.15, 0.2) is 0 Å². The van der Waals surface area contributed by atoms with E-state index in [0.717, 1.165) is 24.8 Å². The maximum Gasteiger partial charge on any atom is 0.223 e. The number of hydrogen-bond acceptors (Lipinski definition) is 5. The highest BCUT2D eigenvalue weighted by atomic mass is 35.5. The first-order valence-electron chi connectivity index (χ1n) is 7.91. The summed E-state index contributed by atoms with van der Waals surface area (Å²) in [6.45, 7) is 0.531. The Labute approximate surface area is 149 Å². The molecule has 1 aliphatic rings. The van der Waals surface area contributed by atoms with Gasteiger partial charge in [0.25, 0.3) is 0 Å².